The molecule has 0 amide bonds. The van der Waals surface area contributed by atoms with Crippen LogP contribution in [0.5, 0.6) is 0 Å². The Morgan fingerprint density at radius 2 is 2.00 bits per heavy atom. The second kappa shape index (κ2) is 4.26. The lowest BCUT2D eigenvalue weighted by Gasteiger charge is -2.07. The molecule has 0 bridgehead atoms. The second-order valence-electron chi connectivity index (χ2n) is 3.41. The summed E-state index contributed by atoms with van der Waals surface area (Å²) in [7, 11) is 0. The molecule has 2 aromatic rings. The van der Waals surface area contributed by atoms with Gasteiger partial charge in [-0.2, -0.15) is 0 Å². The van der Waals surface area contributed by atoms with Crippen LogP contribution in [-0.2, 0) is 0 Å². The largest absolute Gasteiger partial charge is 0.383 e. The fourth-order valence-electron chi connectivity index (χ4n) is 1.55. The minimum atomic E-state index is -0.535. The van der Waals surface area contributed by atoms with E-state index in [1.165, 1.54) is 21.1 Å². The molecular weight excluding hydrogens is 248 g/mol. The Morgan fingerprint density at radius 3 is 2.47 bits per heavy atom. The monoisotopic (exact) mass is 258 g/mol. The van der Waals surface area contributed by atoms with Crippen LogP contribution in [0, 0.1) is 13.8 Å². The van der Waals surface area contributed by atoms with Crippen LogP contribution >= 0.6 is 34.3 Å². The van der Waals surface area contributed by atoms with Gasteiger partial charge < -0.3 is 5.11 Å². The highest BCUT2D eigenvalue weighted by Gasteiger charge is 2.16. The Kier molecular flexibility index (Phi) is 3.16. The maximum absolute atomic E-state index is 10.2. The Labute approximate surface area is 102 Å². The van der Waals surface area contributed by atoms with Crippen LogP contribution in [0.2, 0.25) is 4.34 Å². The molecule has 0 radical (unpaired) electrons. The van der Waals surface area contributed by atoms with Gasteiger partial charge in [0, 0.05) is 14.6 Å². The summed E-state index contributed by atoms with van der Waals surface area (Å²) in [6, 6.07) is 5.74. The number of hydrogen-bond donors (Lipinski definition) is 1. The predicted octanol–water partition coefficient (Wildman–Crippen LogP) is 4.16. The van der Waals surface area contributed by atoms with Gasteiger partial charge in [-0.1, -0.05) is 11.6 Å². The highest BCUT2D eigenvalue weighted by Crippen LogP contribution is 2.34. The van der Waals surface area contributed by atoms with Gasteiger partial charge in [-0.05, 0) is 37.6 Å². The standard InChI is InChI=1S/C11H11ClOS2/c1-6-5-8(7(2)14-6)11(13)9-3-4-10(12)15-9/h3-5,11,13H,1-2H3. The predicted molar refractivity (Wildman–Crippen MR) is 67.2 cm³/mol. The molecule has 0 aliphatic heterocycles. The molecule has 1 nitrogen and oxygen atoms in total. The van der Waals surface area contributed by atoms with E-state index in [1.807, 2.05) is 25.1 Å². The summed E-state index contributed by atoms with van der Waals surface area (Å²) in [5.74, 6) is 0. The van der Waals surface area contributed by atoms with Crippen molar-refractivity contribution in [2.24, 2.45) is 0 Å². The first-order valence-electron chi connectivity index (χ1n) is 4.58. The molecule has 0 aliphatic carbocycles. The Balaban J connectivity index is 2.35. The number of rotatable bonds is 2. The van der Waals surface area contributed by atoms with E-state index in [-0.39, 0.29) is 0 Å². The van der Waals surface area contributed by atoms with E-state index in [1.54, 1.807) is 11.3 Å². The number of halogens is 1. The van der Waals surface area contributed by atoms with E-state index in [0.29, 0.717) is 4.34 Å². The molecule has 15 heavy (non-hydrogen) atoms. The molecule has 80 valence electrons. The van der Waals surface area contributed by atoms with Gasteiger partial charge in [-0.3, -0.25) is 0 Å². The molecule has 0 fully saturated rings. The summed E-state index contributed by atoms with van der Waals surface area (Å²) in [6.07, 6.45) is -0.535. The van der Waals surface area contributed by atoms with Gasteiger partial charge in [0.05, 0.1) is 4.34 Å². The summed E-state index contributed by atoms with van der Waals surface area (Å²) in [5, 5.41) is 10.2. The van der Waals surface area contributed by atoms with Crippen LogP contribution in [0.1, 0.15) is 26.3 Å². The molecule has 0 saturated heterocycles. The third-order valence-corrected chi connectivity index (χ3v) is 4.50. The summed E-state index contributed by atoms with van der Waals surface area (Å²) in [6.45, 7) is 4.08. The molecule has 0 aliphatic rings. The summed E-state index contributed by atoms with van der Waals surface area (Å²) < 4.78 is 0.716. The zero-order valence-corrected chi connectivity index (χ0v) is 10.8. The van der Waals surface area contributed by atoms with E-state index in [0.717, 1.165) is 10.4 Å². The number of aliphatic hydroxyl groups excluding tert-OH is 1. The minimum Gasteiger partial charge on any atom is -0.383 e. The van der Waals surface area contributed by atoms with Gasteiger partial charge in [0.15, 0.2) is 0 Å². The van der Waals surface area contributed by atoms with Crippen LogP contribution in [-0.4, -0.2) is 5.11 Å². The lowest BCUT2D eigenvalue weighted by atomic mass is 10.1. The van der Waals surface area contributed by atoms with Crippen molar-refractivity contribution in [2.45, 2.75) is 20.0 Å². The molecule has 2 aromatic heterocycles. The fourth-order valence-corrected chi connectivity index (χ4v) is 3.57. The first-order valence-corrected chi connectivity index (χ1v) is 6.59. The van der Waals surface area contributed by atoms with E-state index >= 15 is 0 Å². The molecule has 4 heteroatoms. The number of aryl methyl sites for hydroxylation is 2. The van der Waals surface area contributed by atoms with Crippen molar-refractivity contribution in [2.75, 3.05) is 0 Å². The van der Waals surface area contributed by atoms with Crippen molar-refractivity contribution in [3.63, 3.8) is 0 Å². The maximum Gasteiger partial charge on any atom is 0.114 e. The van der Waals surface area contributed by atoms with Crippen molar-refractivity contribution in [1.82, 2.24) is 0 Å². The quantitative estimate of drug-likeness (QED) is 0.858. The number of thiophene rings is 2. The summed E-state index contributed by atoms with van der Waals surface area (Å²) in [4.78, 5) is 3.30. The lowest BCUT2D eigenvalue weighted by Crippen LogP contribution is -1.96. The lowest BCUT2D eigenvalue weighted by molar-refractivity contribution is 0.224. The molecule has 0 spiro atoms. The van der Waals surface area contributed by atoms with Crippen LogP contribution in [0.15, 0.2) is 18.2 Å². The van der Waals surface area contributed by atoms with Crippen molar-refractivity contribution in [3.8, 4) is 0 Å². The van der Waals surface area contributed by atoms with Gasteiger partial charge in [0.2, 0.25) is 0 Å². The normalized spacial score (nSPS) is 13.1. The molecule has 1 unspecified atom stereocenters. The molecular formula is C11H11ClOS2. The molecule has 1 N–H and O–H groups in total. The Hall–Kier alpha value is -0.350. The molecule has 2 heterocycles. The van der Waals surface area contributed by atoms with Crippen molar-refractivity contribution in [1.29, 1.82) is 0 Å². The average molecular weight is 259 g/mol. The highest BCUT2D eigenvalue weighted by atomic mass is 35.5. The van der Waals surface area contributed by atoms with E-state index in [9.17, 15) is 5.11 Å². The zero-order chi connectivity index (χ0) is 11.0. The fraction of sp³-hybridized carbons (Fsp3) is 0.273. The van der Waals surface area contributed by atoms with Crippen molar-refractivity contribution < 1.29 is 5.11 Å². The summed E-state index contributed by atoms with van der Waals surface area (Å²) >= 11 is 8.99. The minimum absolute atomic E-state index is 0.535. The van der Waals surface area contributed by atoms with Crippen LogP contribution in [0.3, 0.4) is 0 Å². The number of aliphatic hydroxyl groups is 1. The Morgan fingerprint density at radius 1 is 1.27 bits per heavy atom. The average Bonchev–Trinajstić information content (AvgIpc) is 2.71. The van der Waals surface area contributed by atoms with Crippen LogP contribution in [0.25, 0.3) is 0 Å². The maximum atomic E-state index is 10.2. The van der Waals surface area contributed by atoms with Gasteiger partial charge in [-0.15, -0.1) is 22.7 Å². The van der Waals surface area contributed by atoms with Gasteiger partial charge >= 0.3 is 0 Å². The molecule has 2 rings (SSSR count). The number of hydrogen-bond acceptors (Lipinski definition) is 3. The van der Waals surface area contributed by atoms with E-state index in [4.69, 9.17) is 11.6 Å². The molecule has 1 atom stereocenters. The Bertz CT molecular complexity index is 473. The topological polar surface area (TPSA) is 20.2 Å². The zero-order valence-electron chi connectivity index (χ0n) is 8.45. The van der Waals surface area contributed by atoms with E-state index < -0.39 is 6.10 Å². The van der Waals surface area contributed by atoms with E-state index in [2.05, 4.69) is 6.92 Å². The summed E-state index contributed by atoms with van der Waals surface area (Å²) in [5.41, 5.74) is 0.996. The second-order valence-corrected chi connectivity index (χ2v) is 6.62. The smallest absolute Gasteiger partial charge is 0.114 e. The highest BCUT2D eigenvalue weighted by molar-refractivity contribution is 7.16. The third kappa shape index (κ3) is 2.26. The van der Waals surface area contributed by atoms with Crippen LogP contribution < -0.4 is 0 Å². The first kappa shape index (κ1) is 11.1. The van der Waals surface area contributed by atoms with Crippen LogP contribution in [0.4, 0.5) is 0 Å². The molecule has 0 saturated carbocycles. The van der Waals surface area contributed by atoms with Crippen molar-refractivity contribution in [3.05, 3.63) is 42.7 Å². The first-order chi connectivity index (χ1) is 7.08. The SMILES string of the molecule is Cc1cc(C(O)c2ccc(Cl)s2)c(C)s1. The van der Waals surface area contributed by atoms with Gasteiger partial charge in [-0.25, -0.2) is 0 Å². The van der Waals surface area contributed by atoms with Crippen molar-refractivity contribution >= 4 is 34.3 Å². The van der Waals surface area contributed by atoms with Gasteiger partial charge in [0.25, 0.3) is 0 Å². The third-order valence-electron chi connectivity index (χ3n) is 2.24. The van der Waals surface area contributed by atoms with Gasteiger partial charge in [0.1, 0.15) is 6.10 Å². The molecule has 0 aromatic carbocycles.